The van der Waals surface area contributed by atoms with Crippen LogP contribution >= 0.6 is 0 Å². The van der Waals surface area contributed by atoms with Gasteiger partial charge in [0.1, 0.15) is 11.4 Å². The number of aromatic nitrogens is 3. The van der Waals surface area contributed by atoms with E-state index in [1.165, 1.54) is 18.2 Å². The van der Waals surface area contributed by atoms with Crippen molar-refractivity contribution in [2.45, 2.75) is 38.2 Å². The molecule has 0 unspecified atom stereocenters. The second-order valence-corrected chi connectivity index (χ2v) is 7.44. The summed E-state index contributed by atoms with van der Waals surface area (Å²) in [5.74, 6) is -0.156. The normalized spacial score (nSPS) is 19.6. The number of pyridine rings is 1. The molecule has 0 aliphatic heterocycles. The van der Waals surface area contributed by atoms with Crippen LogP contribution < -0.4 is 5.32 Å². The van der Waals surface area contributed by atoms with Gasteiger partial charge in [-0.15, -0.1) is 0 Å². The Morgan fingerprint density at radius 3 is 2.72 bits per heavy atom. The third kappa shape index (κ3) is 4.27. The molecule has 0 atom stereocenters. The van der Waals surface area contributed by atoms with Crippen LogP contribution in [0.2, 0.25) is 0 Å². The molecular weight excluding hydrogens is 378 g/mol. The number of carbonyl (C=O) groups is 1. The first kappa shape index (κ1) is 19.4. The van der Waals surface area contributed by atoms with Crippen LogP contribution in [0.15, 0.2) is 42.6 Å². The van der Waals surface area contributed by atoms with E-state index in [-0.39, 0.29) is 12.3 Å². The number of halogens is 2. The summed E-state index contributed by atoms with van der Waals surface area (Å²) < 4.78 is 27.6. The third-order valence-electron chi connectivity index (χ3n) is 5.46. The second kappa shape index (κ2) is 8.24. The summed E-state index contributed by atoms with van der Waals surface area (Å²) in [5, 5.41) is 17.5. The van der Waals surface area contributed by atoms with Gasteiger partial charge in [-0.3, -0.25) is 9.48 Å². The lowest BCUT2D eigenvalue weighted by Gasteiger charge is -2.27. The predicted octanol–water partition coefficient (Wildman–Crippen LogP) is 4.34. The largest absolute Gasteiger partial charge is 0.396 e. The Kier molecular flexibility index (Phi) is 5.53. The zero-order chi connectivity index (χ0) is 20.4. The van der Waals surface area contributed by atoms with Crippen LogP contribution in [0.3, 0.4) is 0 Å². The number of anilines is 1. The molecule has 29 heavy (non-hydrogen) atoms. The molecule has 152 valence electrons. The lowest BCUT2D eigenvalue weighted by molar-refractivity contribution is 0.102. The Morgan fingerprint density at radius 2 is 2.00 bits per heavy atom. The van der Waals surface area contributed by atoms with Gasteiger partial charge >= 0.3 is 0 Å². The molecule has 1 aliphatic rings. The van der Waals surface area contributed by atoms with Crippen LogP contribution in [0.4, 0.5) is 14.5 Å². The van der Waals surface area contributed by atoms with E-state index in [2.05, 4.69) is 15.4 Å². The smallest absolute Gasteiger partial charge is 0.280 e. The van der Waals surface area contributed by atoms with Crippen LogP contribution in [-0.2, 0) is 0 Å². The van der Waals surface area contributed by atoms with Crippen LogP contribution in [0.1, 0.15) is 54.3 Å². The van der Waals surface area contributed by atoms with Crippen LogP contribution in [-0.4, -0.2) is 32.4 Å². The van der Waals surface area contributed by atoms with Crippen molar-refractivity contribution in [1.82, 2.24) is 14.8 Å². The van der Waals surface area contributed by atoms with E-state index in [1.807, 2.05) is 23.0 Å². The SMILES string of the molecule is O=C(Nc1ccc2nn([C@H]3CC[C@H](CO)CC3)cc2c1)c1cccc(C(F)F)n1. The quantitative estimate of drug-likeness (QED) is 0.668. The summed E-state index contributed by atoms with van der Waals surface area (Å²) in [6, 6.07) is 9.66. The molecule has 6 nitrogen and oxygen atoms in total. The third-order valence-corrected chi connectivity index (χ3v) is 5.46. The molecule has 2 aromatic heterocycles. The Labute approximate surface area is 166 Å². The number of hydrogen-bond acceptors (Lipinski definition) is 4. The fourth-order valence-corrected chi connectivity index (χ4v) is 3.80. The zero-order valence-corrected chi connectivity index (χ0v) is 15.8. The molecule has 0 spiro atoms. The average Bonchev–Trinajstić information content (AvgIpc) is 3.17. The fourth-order valence-electron chi connectivity index (χ4n) is 3.80. The van der Waals surface area contributed by atoms with Gasteiger partial charge in [0, 0.05) is 23.9 Å². The van der Waals surface area contributed by atoms with E-state index in [9.17, 15) is 18.7 Å². The van der Waals surface area contributed by atoms with Gasteiger partial charge in [0.05, 0.1) is 11.6 Å². The number of carbonyl (C=O) groups excluding carboxylic acids is 1. The molecule has 1 saturated carbocycles. The van der Waals surface area contributed by atoms with Crippen LogP contribution in [0.5, 0.6) is 0 Å². The molecule has 1 fully saturated rings. The number of fused-ring (bicyclic) bond motifs is 1. The highest BCUT2D eigenvalue weighted by atomic mass is 19.3. The molecule has 0 saturated heterocycles. The topological polar surface area (TPSA) is 80.0 Å². The van der Waals surface area contributed by atoms with E-state index in [0.717, 1.165) is 36.6 Å². The Hall–Kier alpha value is -2.87. The Bertz CT molecular complexity index is 1010. The van der Waals surface area contributed by atoms with Gasteiger partial charge in [-0.2, -0.15) is 5.10 Å². The first-order valence-electron chi connectivity index (χ1n) is 9.69. The van der Waals surface area contributed by atoms with E-state index < -0.39 is 18.0 Å². The van der Waals surface area contributed by atoms with Crippen molar-refractivity contribution >= 4 is 22.5 Å². The van der Waals surface area contributed by atoms with Crippen molar-refractivity contribution in [3.63, 3.8) is 0 Å². The van der Waals surface area contributed by atoms with E-state index in [0.29, 0.717) is 17.6 Å². The number of aliphatic hydroxyl groups is 1. The lowest BCUT2D eigenvalue weighted by atomic mass is 9.87. The summed E-state index contributed by atoms with van der Waals surface area (Å²) in [4.78, 5) is 16.1. The standard InChI is InChI=1S/C21H22F2N4O2/c22-20(23)18-2-1-3-19(25-18)21(29)24-15-6-9-17-14(10-15)11-27(26-17)16-7-4-13(12-28)5-8-16/h1-3,6,9-11,13,16,20,28H,4-5,7-8,12H2,(H,24,29)/t13-,16-. The summed E-state index contributed by atoms with van der Waals surface area (Å²) in [5.41, 5.74) is 0.893. The fraction of sp³-hybridized carbons (Fsp3) is 0.381. The molecule has 1 aromatic carbocycles. The predicted molar refractivity (Wildman–Crippen MR) is 105 cm³/mol. The number of nitrogens with zero attached hydrogens (tertiary/aromatic N) is 3. The summed E-state index contributed by atoms with van der Waals surface area (Å²) in [6.45, 7) is 0.242. The highest BCUT2D eigenvalue weighted by Crippen LogP contribution is 2.32. The minimum Gasteiger partial charge on any atom is -0.396 e. The van der Waals surface area contributed by atoms with Crippen molar-refractivity contribution in [2.75, 3.05) is 11.9 Å². The van der Waals surface area contributed by atoms with Gasteiger partial charge in [-0.1, -0.05) is 6.07 Å². The summed E-state index contributed by atoms with van der Waals surface area (Å²) in [6.07, 6.45) is 3.18. The minimum absolute atomic E-state index is 0.0563. The van der Waals surface area contributed by atoms with E-state index in [1.54, 1.807) is 6.07 Å². The number of aliphatic hydroxyl groups excluding tert-OH is 1. The first-order valence-corrected chi connectivity index (χ1v) is 9.69. The number of amides is 1. The van der Waals surface area contributed by atoms with Gasteiger partial charge < -0.3 is 10.4 Å². The molecule has 2 N–H and O–H groups in total. The van der Waals surface area contributed by atoms with Gasteiger partial charge in [-0.25, -0.2) is 13.8 Å². The average molecular weight is 400 g/mol. The van der Waals surface area contributed by atoms with Crippen molar-refractivity contribution in [3.05, 3.63) is 54.0 Å². The molecule has 1 aliphatic carbocycles. The number of benzene rings is 1. The van der Waals surface area contributed by atoms with Crippen molar-refractivity contribution in [2.24, 2.45) is 5.92 Å². The van der Waals surface area contributed by atoms with Crippen LogP contribution in [0.25, 0.3) is 10.9 Å². The second-order valence-electron chi connectivity index (χ2n) is 7.44. The zero-order valence-electron chi connectivity index (χ0n) is 15.8. The number of hydrogen-bond donors (Lipinski definition) is 2. The molecule has 2 heterocycles. The molecule has 1 amide bonds. The van der Waals surface area contributed by atoms with E-state index >= 15 is 0 Å². The lowest BCUT2D eigenvalue weighted by Crippen LogP contribution is -2.20. The first-order chi connectivity index (χ1) is 14.0. The monoisotopic (exact) mass is 400 g/mol. The molecule has 4 rings (SSSR count). The van der Waals surface area contributed by atoms with Gasteiger partial charge in [-0.05, 0) is 61.9 Å². The van der Waals surface area contributed by atoms with Gasteiger partial charge in [0.25, 0.3) is 12.3 Å². The Balaban J connectivity index is 1.49. The minimum atomic E-state index is -2.72. The molecular formula is C21H22F2N4O2. The van der Waals surface area contributed by atoms with Crippen LogP contribution in [0, 0.1) is 5.92 Å². The van der Waals surface area contributed by atoms with Crippen molar-refractivity contribution in [3.8, 4) is 0 Å². The van der Waals surface area contributed by atoms with Gasteiger partial charge in [0.15, 0.2) is 0 Å². The number of nitrogens with one attached hydrogen (secondary N) is 1. The van der Waals surface area contributed by atoms with E-state index in [4.69, 9.17) is 0 Å². The molecule has 0 radical (unpaired) electrons. The van der Waals surface area contributed by atoms with Crippen molar-refractivity contribution < 1.29 is 18.7 Å². The Morgan fingerprint density at radius 1 is 1.21 bits per heavy atom. The highest BCUT2D eigenvalue weighted by Gasteiger charge is 2.22. The maximum atomic E-state index is 12.8. The number of rotatable bonds is 5. The molecule has 8 heteroatoms. The summed E-state index contributed by atoms with van der Waals surface area (Å²) >= 11 is 0. The van der Waals surface area contributed by atoms with Gasteiger partial charge in [0.2, 0.25) is 0 Å². The maximum absolute atomic E-state index is 12.8. The highest BCUT2D eigenvalue weighted by molar-refractivity contribution is 6.03. The molecule has 3 aromatic rings. The summed E-state index contributed by atoms with van der Waals surface area (Å²) in [7, 11) is 0. The van der Waals surface area contributed by atoms with Crippen molar-refractivity contribution in [1.29, 1.82) is 0 Å². The number of alkyl halides is 2. The maximum Gasteiger partial charge on any atom is 0.280 e. The molecule has 0 bridgehead atoms.